The normalized spacial score (nSPS) is 10.8. The van der Waals surface area contributed by atoms with Gasteiger partial charge in [0.1, 0.15) is 0 Å². The van der Waals surface area contributed by atoms with E-state index in [2.05, 4.69) is 61.9 Å². The monoisotopic (exact) mass is 227 g/mol. The van der Waals surface area contributed by atoms with E-state index in [-0.39, 0.29) is 0 Å². The summed E-state index contributed by atoms with van der Waals surface area (Å²) in [6, 6.07) is 10.7. The highest BCUT2D eigenvalue weighted by molar-refractivity contribution is 5.69. The summed E-state index contributed by atoms with van der Waals surface area (Å²) in [5, 5.41) is 0. The summed E-state index contributed by atoms with van der Waals surface area (Å²) in [5.41, 5.74) is 5.51. The summed E-state index contributed by atoms with van der Waals surface area (Å²) < 4.78 is 2.39. The molecule has 17 heavy (non-hydrogen) atoms. The maximum atomic E-state index is 2.39. The van der Waals surface area contributed by atoms with E-state index >= 15 is 0 Å². The molecule has 90 valence electrons. The molecule has 0 radical (unpaired) electrons. The second kappa shape index (κ2) is 5.22. The van der Waals surface area contributed by atoms with Crippen molar-refractivity contribution in [1.82, 2.24) is 4.57 Å². The lowest BCUT2D eigenvalue weighted by atomic mass is 10.0. The van der Waals surface area contributed by atoms with Crippen molar-refractivity contribution in [2.75, 3.05) is 0 Å². The molecule has 0 aliphatic heterocycles. The number of aryl methyl sites for hydroxylation is 2. The summed E-state index contributed by atoms with van der Waals surface area (Å²) in [6.07, 6.45) is 4.79. The van der Waals surface area contributed by atoms with E-state index in [1.165, 1.54) is 35.2 Å². The van der Waals surface area contributed by atoms with Crippen LogP contribution < -0.4 is 0 Å². The van der Waals surface area contributed by atoms with Crippen LogP contribution in [0.4, 0.5) is 0 Å². The van der Waals surface area contributed by atoms with Gasteiger partial charge < -0.3 is 4.57 Å². The molecule has 0 fully saturated rings. The molecule has 1 nitrogen and oxygen atoms in total. The Balaban J connectivity index is 2.38. The zero-order valence-electron chi connectivity index (χ0n) is 11.0. The number of hydrogen-bond acceptors (Lipinski definition) is 0. The third-order valence-corrected chi connectivity index (χ3v) is 3.35. The molecule has 0 N–H and O–H groups in total. The van der Waals surface area contributed by atoms with Gasteiger partial charge in [-0.1, -0.05) is 43.7 Å². The molecule has 2 rings (SSSR count). The van der Waals surface area contributed by atoms with Crippen LogP contribution in [-0.2, 0) is 6.54 Å². The predicted molar refractivity (Wildman–Crippen MR) is 74.3 cm³/mol. The van der Waals surface area contributed by atoms with Gasteiger partial charge in [0.15, 0.2) is 0 Å². The number of aromatic nitrogens is 1. The third-order valence-electron chi connectivity index (χ3n) is 3.35. The standard InChI is InChI=1S/C16H21N/c1-4-5-11-17-12-13(2)16(14(17)3)15-9-7-6-8-10-15/h6-10,12H,4-5,11H2,1-3H3. The van der Waals surface area contributed by atoms with E-state index in [4.69, 9.17) is 0 Å². The minimum absolute atomic E-state index is 1.13. The zero-order valence-corrected chi connectivity index (χ0v) is 11.0. The average Bonchev–Trinajstić information content (AvgIpc) is 2.63. The van der Waals surface area contributed by atoms with Gasteiger partial charge in [-0.2, -0.15) is 0 Å². The molecule has 1 heteroatoms. The van der Waals surface area contributed by atoms with Crippen LogP contribution in [0.1, 0.15) is 31.0 Å². The van der Waals surface area contributed by atoms with Crippen molar-refractivity contribution < 1.29 is 0 Å². The molecule has 2 aromatic rings. The molecule has 1 heterocycles. The Morgan fingerprint density at radius 2 is 1.76 bits per heavy atom. The van der Waals surface area contributed by atoms with Gasteiger partial charge in [0.2, 0.25) is 0 Å². The fourth-order valence-corrected chi connectivity index (χ4v) is 2.43. The summed E-state index contributed by atoms with van der Waals surface area (Å²) in [4.78, 5) is 0. The average molecular weight is 227 g/mol. The summed E-state index contributed by atoms with van der Waals surface area (Å²) >= 11 is 0. The molecule has 0 unspecified atom stereocenters. The van der Waals surface area contributed by atoms with E-state index in [0.29, 0.717) is 0 Å². The van der Waals surface area contributed by atoms with Crippen molar-refractivity contribution in [3.8, 4) is 11.1 Å². The molecule has 0 atom stereocenters. The fourth-order valence-electron chi connectivity index (χ4n) is 2.43. The van der Waals surface area contributed by atoms with Crippen molar-refractivity contribution in [3.05, 3.63) is 47.8 Å². The minimum Gasteiger partial charge on any atom is -0.351 e. The summed E-state index contributed by atoms with van der Waals surface area (Å²) in [7, 11) is 0. The first-order valence-corrected chi connectivity index (χ1v) is 6.45. The molecule has 0 saturated carbocycles. The Morgan fingerprint density at radius 3 is 2.41 bits per heavy atom. The molecule has 0 amide bonds. The molecule has 0 bridgehead atoms. The van der Waals surface area contributed by atoms with Gasteiger partial charge in [0.25, 0.3) is 0 Å². The van der Waals surface area contributed by atoms with Gasteiger partial charge in [-0.3, -0.25) is 0 Å². The predicted octanol–water partition coefficient (Wildman–Crippen LogP) is 4.57. The lowest BCUT2D eigenvalue weighted by molar-refractivity contribution is 0.622. The quantitative estimate of drug-likeness (QED) is 0.721. The van der Waals surface area contributed by atoms with Crippen LogP contribution >= 0.6 is 0 Å². The van der Waals surface area contributed by atoms with E-state index in [1.54, 1.807) is 0 Å². The second-order valence-corrected chi connectivity index (χ2v) is 4.69. The number of rotatable bonds is 4. The Morgan fingerprint density at radius 1 is 1.06 bits per heavy atom. The van der Waals surface area contributed by atoms with Crippen LogP contribution in [0.5, 0.6) is 0 Å². The van der Waals surface area contributed by atoms with Gasteiger partial charge in [0.05, 0.1) is 0 Å². The molecular weight excluding hydrogens is 206 g/mol. The molecule has 0 saturated heterocycles. The Kier molecular flexibility index (Phi) is 3.68. The number of nitrogens with zero attached hydrogens (tertiary/aromatic N) is 1. The van der Waals surface area contributed by atoms with Gasteiger partial charge in [-0.25, -0.2) is 0 Å². The Labute approximate surface area is 104 Å². The van der Waals surface area contributed by atoms with E-state index in [9.17, 15) is 0 Å². The molecular formula is C16H21N. The highest BCUT2D eigenvalue weighted by atomic mass is 15.0. The largest absolute Gasteiger partial charge is 0.351 e. The van der Waals surface area contributed by atoms with Gasteiger partial charge in [-0.05, 0) is 31.4 Å². The van der Waals surface area contributed by atoms with Gasteiger partial charge in [-0.15, -0.1) is 0 Å². The lowest BCUT2D eigenvalue weighted by Gasteiger charge is -2.07. The molecule has 0 spiro atoms. The molecule has 1 aromatic heterocycles. The van der Waals surface area contributed by atoms with Crippen LogP contribution in [0.15, 0.2) is 36.5 Å². The molecule has 0 aliphatic rings. The van der Waals surface area contributed by atoms with E-state index in [0.717, 1.165) is 6.54 Å². The smallest absolute Gasteiger partial charge is 0.0225 e. The van der Waals surface area contributed by atoms with E-state index < -0.39 is 0 Å². The maximum Gasteiger partial charge on any atom is 0.0225 e. The van der Waals surface area contributed by atoms with Crippen LogP contribution in [0, 0.1) is 13.8 Å². The highest BCUT2D eigenvalue weighted by Gasteiger charge is 2.10. The first-order valence-electron chi connectivity index (χ1n) is 6.45. The number of unbranched alkanes of at least 4 members (excludes halogenated alkanes) is 1. The zero-order chi connectivity index (χ0) is 12.3. The lowest BCUT2D eigenvalue weighted by Crippen LogP contribution is -1.98. The van der Waals surface area contributed by atoms with Crippen molar-refractivity contribution in [2.45, 2.75) is 40.2 Å². The van der Waals surface area contributed by atoms with Crippen molar-refractivity contribution >= 4 is 0 Å². The Bertz CT molecular complexity index is 480. The summed E-state index contributed by atoms with van der Waals surface area (Å²) in [6.45, 7) is 7.81. The fraction of sp³-hybridized carbons (Fsp3) is 0.375. The SMILES string of the molecule is CCCCn1cc(C)c(-c2ccccc2)c1C. The van der Waals surface area contributed by atoms with Crippen molar-refractivity contribution in [2.24, 2.45) is 0 Å². The number of benzene rings is 1. The van der Waals surface area contributed by atoms with Crippen molar-refractivity contribution in [1.29, 1.82) is 0 Å². The maximum absolute atomic E-state index is 2.39. The van der Waals surface area contributed by atoms with Gasteiger partial charge >= 0.3 is 0 Å². The van der Waals surface area contributed by atoms with Crippen LogP contribution in [0.3, 0.4) is 0 Å². The topological polar surface area (TPSA) is 4.93 Å². The highest BCUT2D eigenvalue weighted by Crippen LogP contribution is 2.28. The molecule has 1 aromatic carbocycles. The number of hydrogen-bond donors (Lipinski definition) is 0. The van der Waals surface area contributed by atoms with Crippen LogP contribution in [0.2, 0.25) is 0 Å². The Hall–Kier alpha value is -1.50. The van der Waals surface area contributed by atoms with Gasteiger partial charge in [0, 0.05) is 24.0 Å². The summed E-state index contributed by atoms with van der Waals surface area (Å²) in [5.74, 6) is 0. The van der Waals surface area contributed by atoms with Crippen molar-refractivity contribution in [3.63, 3.8) is 0 Å². The minimum atomic E-state index is 1.13. The van der Waals surface area contributed by atoms with Crippen LogP contribution in [0.25, 0.3) is 11.1 Å². The first kappa shape index (κ1) is 12.0. The first-order chi connectivity index (χ1) is 8.24. The molecule has 0 aliphatic carbocycles. The third kappa shape index (κ3) is 2.44. The van der Waals surface area contributed by atoms with Crippen LogP contribution in [-0.4, -0.2) is 4.57 Å². The van der Waals surface area contributed by atoms with E-state index in [1.807, 2.05) is 0 Å². The second-order valence-electron chi connectivity index (χ2n) is 4.69.